The monoisotopic (exact) mass is 254 g/mol. The van der Waals surface area contributed by atoms with Gasteiger partial charge < -0.3 is 4.74 Å². The van der Waals surface area contributed by atoms with Gasteiger partial charge in [0, 0.05) is 6.92 Å². The smallest absolute Gasteiger partial charge is 0.236 e. The van der Waals surface area contributed by atoms with Crippen LogP contribution in [0.2, 0.25) is 0 Å². The minimum absolute atomic E-state index is 0.201. The topological polar surface area (TPSA) is 50.7 Å². The quantitative estimate of drug-likeness (QED) is 0.673. The maximum Gasteiger partial charge on any atom is 0.236 e. The molecule has 19 heavy (non-hydrogen) atoms. The molecule has 0 aromatic heterocycles. The molecule has 0 spiro atoms. The fourth-order valence-electron chi connectivity index (χ4n) is 1.48. The Morgan fingerprint density at radius 3 is 2.58 bits per heavy atom. The molecule has 0 unspecified atom stereocenters. The Kier molecular flexibility index (Phi) is 4.29. The Labute approximate surface area is 111 Å². The standard InChI is InChI=1S/C15H14N2O2/c1-12(18)17-16-11-13-6-5-9-15(10-13)19-14-7-3-2-4-8-14/h2-11H,1H3,(H,17,18)/b16-11-. The van der Waals surface area contributed by atoms with Crippen molar-refractivity contribution in [1.82, 2.24) is 5.43 Å². The second-order valence-electron chi connectivity index (χ2n) is 3.91. The zero-order chi connectivity index (χ0) is 13.5. The number of para-hydroxylation sites is 1. The molecule has 2 rings (SSSR count). The molecule has 96 valence electrons. The number of amides is 1. The Morgan fingerprint density at radius 2 is 1.84 bits per heavy atom. The fraction of sp³-hybridized carbons (Fsp3) is 0.0667. The molecule has 0 aliphatic carbocycles. The van der Waals surface area contributed by atoms with Crippen LogP contribution in [0.3, 0.4) is 0 Å². The SMILES string of the molecule is CC(=O)N/N=C\c1cccc(Oc2ccccc2)c1. The molecule has 2 aromatic carbocycles. The minimum atomic E-state index is -0.201. The van der Waals surface area contributed by atoms with Crippen molar-refractivity contribution in [2.45, 2.75) is 6.92 Å². The van der Waals surface area contributed by atoms with Crippen molar-refractivity contribution < 1.29 is 9.53 Å². The Bertz CT molecular complexity index is 580. The summed E-state index contributed by atoms with van der Waals surface area (Å²) >= 11 is 0. The summed E-state index contributed by atoms with van der Waals surface area (Å²) < 4.78 is 5.70. The highest BCUT2D eigenvalue weighted by molar-refractivity contribution is 5.82. The van der Waals surface area contributed by atoms with Crippen molar-refractivity contribution in [3.63, 3.8) is 0 Å². The number of benzene rings is 2. The molecule has 1 N–H and O–H groups in total. The molecular formula is C15H14N2O2. The first kappa shape index (κ1) is 12.8. The van der Waals surface area contributed by atoms with Crippen molar-refractivity contribution in [3.05, 3.63) is 60.2 Å². The lowest BCUT2D eigenvalue weighted by atomic mass is 10.2. The zero-order valence-electron chi connectivity index (χ0n) is 10.5. The summed E-state index contributed by atoms with van der Waals surface area (Å²) in [4.78, 5) is 10.7. The third-order valence-corrected chi connectivity index (χ3v) is 2.27. The average Bonchev–Trinajstić information content (AvgIpc) is 2.40. The molecule has 4 heteroatoms. The summed E-state index contributed by atoms with van der Waals surface area (Å²) in [5, 5.41) is 3.81. The minimum Gasteiger partial charge on any atom is -0.457 e. The first-order valence-electron chi connectivity index (χ1n) is 5.86. The predicted molar refractivity (Wildman–Crippen MR) is 74.4 cm³/mol. The molecule has 0 saturated heterocycles. The van der Waals surface area contributed by atoms with Gasteiger partial charge >= 0.3 is 0 Å². The molecule has 0 aliphatic rings. The number of nitrogens with zero attached hydrogens (tertiary/aromatic N) is 1. The van der Waals surface area contributed by atoms with E-state index >= 15 is 0 Å². The summed E-state index contributed by atoms with van der Waals surface area (Å²) in [5.41, 5.74) is 3.20. The Balaban J connectivity index is 2.07. The lowest BCUT2D eigenvalue weighted by Crippen LogP contribution is -2.12. The van der Waals surface area contributed by atoms with Gasteiger partial charge in [-0.3, -0.25) is 4.79 Å². The van der Waals surface area contributed by atoms with E-state index in [2.05, 4.69) is 10.5 Å². The molecule has 0 bridgehead atoms. The van der Waals surface area contributed by atoms with Gasteiger partial charge in [0.15, 0.2) is 0 Å². The molecule has 0 saturated carbocycles. The number of hydrazone groups is 1. The van der Waals surface area contributed by atoms with Crippen LogP contribution in [0.25, 0.3) is 0 Å². The third-order valence-electron chi connectivity index (χ3n) is 2.27. The summed E-state index contributed by atoms with van der Waals surface area (Å²) in [6, 6.07) is 17.0. The first-order valence-corrected chi connectivity index (χ1v) is 5.86. The van der Waals surface area contributed by atoms with E-state index in [1.54, 1.807) is 6.21 Å². The van der Waals surface area contributed by atoms with Crippen molar-refractivity contribution in [1.29, 1.82) is 0 Å². The summed E-state index contributed by atoms with van der Waals surface area (Å²) in [6.07, 6.45) is 1.57. The van der Waals surface area contributed by atoms with Crippen LogP contribution in [-0.2, 0) is 4.79 Å². The van der Waals surface area contributed by atoms with Crippen molar-refractivity contribution in [2.24, 2.45) is 5.10 Å². The van der Waals surface area contributed by atoms with E-state index in [4.69, 9.17) is 4.74 Å². The van der Waals surface area contributed by atoms with Gasteiger partial charge in [0.05, 0.1) is 6.21 Å². The van der Waals surface area contributed by atoms with E-state index in [0.717, 1.165) is 17.1 Å². The molecule has 0 fully saturated rings. The summed E-state index contributed by atoms with van der Waals surface area (Å²) in [5.74, 6) is 1.30. The highest BCUT2D eigenvalue weighted by atomic mass is 16.5. The molecule has 0 heterocycles. The van der Waals surface area contributed by atoms with E-state index in [0.29, 0.717) is 0 Å². The number of ether oxygens (including phenoxy) is 1. The van der Waals surface area contributed by atoms with Crippen molar-refractivity contribution in [2.75, 3.05) is 0 Å². The number of rotatable bonds is 4. The van der Waals surface area contributed by atoms with Gasteiger partial charge in [-0.05, 0) is 29.8 Å². The highest BCUT2D eigenvalue weighted by Crippen LogP contribution is 2.21. The van der Waals surface area contributed by atoms with Crippen LogP contribution in [0.1, 0.15) is 12.5 Å². The second kappa shape index (κ2) is 6.35. The molecular weight excluding hydrogens is 240 g/mol. The molecule has 1 amide bonds. The van der Waals surface area contributed by atoms with E-state index in [1.165, 1.54) is 6.92 Å². The van der Waals surface area contributed by atoms with Crippen LogP contribution in [0.4, 0.5) is 0 Å². The van der Waals surface area contributed by atoms with Crippen LogP contribution < -0.4 is 10.2 Å². The summed E-state index contributed by atoms with van der Waals surface area (Å²) in [6.45, 7) is 1.41. The lowest BCUT2D eigenvalue weighted by Gasteiger charge is -2.05. The Hall–Kier alpha value is -2.62. The van der Waals surface area contributed by atoms with Gasteiger partial charge in [0.2, 0.25) is 5.91 Å². The number of nitrogens with one attached hydrogen (secondary N) is 1. The third kappa shape index (κ3) is 4.27. The van der Waals surface area contributed by atoms with E-state index in [-0.39, 0.29) is 5.91 Å². The Morgan fingerprint density at radius 1 is 1.11 bits per heavy atom. The zero-order valence-corrected chi connectivity index (χ0v) is 10.5. The number of hydrogen-bond donors (Lipinski definition) is 1. The van der Waals surface area contributed by atoms with Crippen molar-refractivity contribution in [3.8, 4) is 11.5 Å². The van der Waals surface area contributed by atoms with Gasteiger partial charge in [0.25, 0.3) is 0 Å². The number of carbonyl (C=O) groups is 1. The van der Waals surface area contributed by atoms with Crippen LogP contribution >= 0.6 is 0 Å². The van der Waals surface area contributed by atoms with Crippen LogP contribution in [0.15, 0.2) is 59.7 Å². The van der Waals surface area contributed by atoms with Crippen LogP contribution in [0, 0.1) is 0 Å². The maximum absolute atomic E-state index is 10.7. The van der Waals surface area contributed by atoms with E-state index < -0.39 is 0 Å². The van der Waals surface area contributed by atoms with Gasteiger partial charge in [0.1, 0.15) is 11.5 Å². The first-order chi connectivity index (χ1) is 9.24. The summed E-state index contributed by atoms with van der Waals surface area (Å²) in [7, 11) is 0. The second-order valence-corrected chi connectivity index (χ2v) is 3.91. The van der Waals surface area contributed by atoms with E-state index in [9.17, 15) is 4.79 Å². The molecule has 4 nitrogen and oxygen atoms in total. The largest absolute Gasteiger partial charge is 0.457 e. The molecule has 0 atom stereocenters. The maximum atomic E-state index is 10.7. The van der Waals surface area contributed by atoms with Gasteiger partial charge in [-0.2, -0.15) is 5.10 Å². The highest BCUT2D eigenvalue weighted by Gasteiger charge is 1.97. The number of carbonyl (C=O) groups excluding carboxylic acids is 1. The van der Waals surface area contributed by atoms with Crippen LogP contribution in [0.5, 0.6) is 11.5 Å². The van der Waals surface area contributed by atoms with Gasteiger partial charge in [-0.15, -0.1) is 0 Å². The normalized spacial score (nSPS) is 10.4. The molecule has 2 aromatic rings. The fourth-order valence-corrected chi connectivity index (χ4v) is 1.48. The molecule has 0 radical (unpaired) electrons. The van der Waals surface area contributed by atoms with Gasteiger partial charge in [-0.1, -0.05) is 30.3 Å². The average molecular weight is 254 g/mol. The van der Waals surface area contributed by atoms with Gasteiger partial charge in [-0.25, -0.2) is 5.43 Å². The number of hydrogen-bond acceptors (Lipinski definition) is 3. The molecule has 0 aliphatic heterocycles. The lowest BCUT2D eigenvalue weighted by molar-refractivity contribution is -0.118. The van der Waals surface area contributed by atoms with E-state index in [1.807, 2.05) is 54.6 Å². The van der Waals surface area contributed by atoms with Crippen LogP contribution in [-0.4, -0.2) is 12.1 Å². The van der Waals surface area contributed by atoms with Crippen molar-refractivity contribution >= 4 is 12.1 Å². The predicted octanol–water partition coefficient (Wildman–Crippen LogP) is 2.95.